The molecule has 4 aromatic rings. The number of ether oxygens (including phenoxy) is 2. The molecule has 0 heterocycles. The minimum absolute atomic E-state index is 0.342. The van der Waals surface area contributed by atoms with Gasteiger partial charge < -0.3 is 9.47 Å². The molecule has 0 bridgehead atoms. The fraction of sp³-hybridized carbons (Fsp3) is 0.0833. The van der Waals surface area contributed by atoms with Crippen molar-refractivity contribution < 1.29 is 18.3 Å². The maximum atomic E-state index is 14.9. The van der Waals surface area contributed by atoms with Crippen LogP contribution < -0.4 is 9.47 Å². The molecule has 0 spiro atoms. The van der Waals surface area contributed by atoms with E-state index < -0.39 is 5.82 Å². The van der Waals surface area contributed by atoms with Crippen molar-refractivity contribution in [2.24, 2.45) is 0 Å². The van der Waals surface area contributed by atoms with E-state index in [0.717, 1.165) is 15.2 Å². The first-order valence-electron chi connectivity index (χ1n) is 8.92. The van der Waals surface area contributed by atoms with Gasteiger partial charge in [0.2, 0.25) is 0 Å². The van der Waals surface area contributed by atoms with E-state index in [2.05, 4.69) is 15.9 Å². The Morgan fingerprint density at radius 3 is 1.76 bits per heavy atom. The fourth-order valence-electron chi connectivity index (χ4n) is 3.51. The molecular formula is C24H17BrF2O2. The van der Waals surface area contributed by atoms with E-state index in [1.165, 1.54) is 26.4 Å². The monoisotopic (exact) mass is 454 g/mol. The molecule has 0 saturated carbocycles. The summed E-state index contributed by atoms with van der Waals surface area (Å²) >= 11 is 3.37. The molecule has 0 aliphatic carbocycles. The Kier molecular flexibility index (Phi) is 5.24. The van der Waals surface area contributed by atoms with Crippen LogP contribution in [0, 0.1) is 11.6 Å². The number of fused-ring (bicyclic) bond motifs is 1. The number of rotatable bonds is 4. The van der Waals surface area contributed by atoms with Gasteiger partial charge in [-0.1, -0.05) is 40.2 Å². The summed E-state index contributed by atoms with van der Waals surface area (Å²) in [4.78, 5) is 0. The summed E-state index contributed by atoms with van der Waals surface area (Å²) in [5.74, 6) is -0.0725. The third-order valence-electron chi connectivity index (χ3n) is 4.86. The molecule has 0 saturated heterocycles. The molecule has 4 rings (SSSR count). The van der Waals surface area contributed by atoms with Gasteiger partial charge in [-0.25, -0.2) is 8.78 Å². The van der Waals surface area contributed by atoms with Crippen LogP contribution in [-0.4, -0.2) is 14.2 Å². The van der Waals surface area contributed by atoms with Crippen LogP contribution in [0.4, 0.5) is 8.78 Å². The lowest BCUT2D eigenvalue weighted by molar-refractivity contribution is 0.357. The van der Waals surface area contributed by atoms with Gasteiger partial charge in [-0.15, -0.1) is 0 Å². The summed E-state index contributed by atoms with van der Waals surface area (Å²) in [6.45, 7) is 0. The van der Waals surface area contributed by atoms with Crippen LogP contribution in [0.1, 0.15) is 0 Å². The molecular weight excluding hydrogens is 438 g/mol. The lowest BCUT2D eigenvalue weighted by Gasteiger charge is -2.18. The smallest absolute Gasteiger partial charge is 0.169 e. The van der Waals surface area contributed by atoms with Crippen LogP contribution >= 0.6 is 15.9 Å². The van der Waals surface area contributed by atoms with E-state index in [-0.39, 0.29) is 5.82 Å². The summed E-state index contributed by atoms with van der Waals surface area (Å²) in [7, 11) is 2.97. The minimum Gasteiger partial charge on any atom is -0.492 e. The molecule has 0 aliphatic rings. The maximum Gasteiger partial charge on any atom is 0.169 e. The third-order valence-corrected chi connectivity index (χ3v) is 5.36. The van der Waals surface area contributed by atoms with Crippen LogP contribution in [0.2, 0.25) is 0 Å². The molecule has 0 aliphatic heterocycles. The molecule has 0 radical (unpaired) electrons. The first-order valence-corrected chi connectivity index (χ1v) is 9.72. The largest absolute Gasteiger partial charge is 0.492 e. The summed E-state index contributed by atoms with van der Waals surface area (Å²) in [6.07, 6.45) is 0. The first-order chi connectivity index (χ1) is 14.0. The van der Waals surface area contributed by atoms with Crippen molar-refractivity contribution in [3.05, 3.63) is 82.8 Å². The lowest BCUT2D eigenvalue weighted by atomic mass is 9.95. The molecule has 0 fully saturated rings. The number of halogens is 3. The number of hydrogen-bond donors (Lipinski definition) is 0. The van der Waals surface area contributed by atoms with Gasteiger partial charge in [-0.05, 0) is 53.2 Å². The molecule has 29 heavy (non-hydrogen) atoms. The Balaban J connectivity index is 1.97. The van der Waals surface area contributed by atoms with Gasteiger partial charge >= 0.3 is 0 Å². The highest BCUT2D eigenvalue weighted by Gasteiger charge is 2.21. The van der Waals surface area contributed by atoms with Crippen LogP contribution in [0.5, 0.6) is 11.5 Å². The number of methoxy groups -OCH3 is 2. The van der Waals surface area contributed by atoms with E-state index in [0.29, 0.717) is 33.8 Å². The van der Waals surface area contributed by atoms with Crippen LogP contribution in [0.3, 0.4) is 0 Å². The second kappa shape index (κ2) is 7.84. The predicted octanol–water partition coefficient (Wildman–Crippen LogP) is 7.23. The van der Waals surface area contributed by atoms with Crippen molar-refractivity contribution in [1.82, 2.24) is 0 Å². The Labute approximate surface area is 175 Å². The zero-order chi connectivity index (χ0) is 20.5. The summed E-state index contributed by atoms with van der Waals surface area (Å²) in [5, 5.41) is 1.72. The Bertz CT molecular complexity index is 1220. The molecule has 0 aromatic heterocycles. The van der Waals surface area contributed by atoms with Gasteiger partial charge in [0.05, 0.1) is 14.2 Å². The molecule has 0 amide bonds. The maximum absolute atomic E-state index is 14.9. The van der Waals surface area contributed by atoms with Crippen molar-refractivity contribution in [3.8, 4) is 33.8 Å². The Morgan fingerprint density at radius 1 is 0.621 bits per heavy atom. The Hall–Kier alpha value is -2.92. The quantitative estimate of drug-likeness (QED) is 0.323. The zero-order valence-electron chi connectivity index (χ0n) is 15.8. The van der Waals surface area contributed by atoms with Crippen molar-refractivity contribution >= 4 is 26.7 Å². The van der Waals surface area contributed by atoms with Crippen molar-refractivity contribution in [3.63, 3.8) is 0 Å². The van der Waals surface area contributed by atoms with E-state index in [1.54, 1.807) is 30.3 Å². The number of hydrogen-bond acceptors (Lipinski definition) is 2. The van der Waals surface area contributed by atoms with Crippen LogP contribution in [-0.2, 0) is 0 Å². The molecule has 0 atom stereocenters. The SMILES string of the molecule is COc1c(-c2cc(Br)ccc2F)ccc(-c2cc3ccccc3cc2F)c1OC. The lowest BCUT2D eigenvalue weighted by Crippen LogP contribution is -1.98. The van der Waals surface area contributed by atoms with E-state index in [9.17, 15) is 8.78 Å². The van der Waals surface area contributed by atoms with Crippen molar-refractivity contribution in [1.29, 1.82) is 0 Å². The van der Waals surface area contributed by atoms with E-state index in [4.69, 9.17) is 9.47 Å². The van der Waals surface area contributed by atoms with E-state index >= 15 is 0 Å². The van der Waals surface area contributed by atoms with E-state index in [1.807, 2.05) is 24.3 Å². The molecule has 0 N–H and O–H groups in total. The second-order valence-corrected chi connectivity index (χ2v) is 7.45. The van der Waals surface area contributed by atoms with Gasteiger partial charge in [0.15, 0.2) is 11.5 Å². The van der Waals surface area contributed by atoms with Crippen molar-refractivity contribution in [2.45, 2.75) is 0 Å². The third kappa shape index (κ3) is 3.47. The first kappa shape index (κ1) is 19.4. The average molecular weight is 455 g/mol. The highest BCUT2D eigenvalue weighted by atomic mass is 79.9. The molecule has 4 aromatic carbocycles. The molecule has 146 valence electrons. The standard InChI is InChI=1S/C24H17BrF2O2/c1-28-23-17(19-11-14-5-3-4-6-15(14)12-22(19)27)8-9-18(24(23)29-2)20-13-16(25)7-10-21(20)26/h3-13H,1-2H3. The molecule has 5 heteroatoms. The number of benzene rings is 4. The zero-order valence-corrected chi connectivity index (χ0v) is 17.4. The van der Waals surface area contributed by atoms with Crippen LogP contribution in [0.25, 0.3) is 33.0 Å². The minimum atomic E-state index is -0.391. The van der Waals surface area contributed by atoms with Crippen LogP contribution in [0.15, 0.2) is 71.2 Å². The topological polar surface area (TPSA) is 18.5 Å². The summed E-state index contributed by atoms with van der Waals surface area (Å²) in [6, 6.07) is 19.0. The van der Waals surface area contributed by atoms with Gasteiger partial charge in [0, 0.05) is 26.7 Å². The fourth-order valence-corrected chi connectivity index (χ4v) is 3.88. The normalized spacial score (nSPS) is 10.9. The highest BCUT2D eigenvalue weighted by molar-refractivity contribution is 9.10. The van der Waals surface area contributed by atoms with Gasteiger partial charge in [-0.2, -0.15) is 0 Å². The Morgan fingerprint density at radius 2 is 1.17 bits per heavy atom. The second-order valence-electron chi connectivity index (χ2n) is 6.53. The summed E-state index contributed by atoms with van der Waals surface area (Å²) in [5.41, 5.74) is 1.81. The van der Waals surface area contributed by atoms with Gasteiger partial charge in [0.1, 0.15) is 11.6 Å². The van der Waals surface area contributed by atoms with Gasteiger partial charge in [0.25, 0.3) is 0 Å². The summed E-state index contributed by atoms with van der Waals surface area (Å²) < 4.78 is 41.3. The predicted molar refractivity (Wildman–Crippen MR) is 116 cm³/mol. The van der Waals surface area contributed by atoms with Crippen molar-refractivity contribution in [2.75, 3.05) is 14.2 Å². The molecule has 0 unspecified atom stereocenters. The van der Waals surface area contributed by atoms with Gasteiger partial charge in [-0.3, -0.25) is 0 Å². The highest BCUT2D eigenvalue weighted by Crippen LogP contribution is 2.46. The molecule has 2 nitrogen and oxygen atoms in total. The average Bonchev–Trinajstić information content (AvgIpc) is 2.74.